The molecule has 0 bridgehead atoms. The minimum absolute atomic E-state index is 0.341. The molecule has 0 radical (unpaired) electrons. The van der Waals surface area contributed by atoms with Crippen LogP contribution in [0.15, 0.2) is 24.3 Å². The van der Waals surface area contributed by atoms with E-state index in [1.807, 2.05) is 0 Å². The number of aryl methyl sites for hydroxylation is 1. The second kappa shape index (κ2) is 6.35. The summed E-state index contributed by atoms with van der Waals surface area (Å²) in [4.78, 5) is 0. The molecular weight excluding hydrogens is 222 g/mol. The van der Waals surface area contributed by atoms with Gasteiger partial charge < -0.3 is 10.1 Å². The van der Waals surface area contributed by atoms with Gasteiger partial charge in [0.1, 0.15) is 0 Å². The fraction of sp³-hybridized carbons (Fsp3) is 0.625. The van der Waals surface area contributed by atoms with Gasteiger partial charge in [0.15, 0.2) is 0 Å². The number of nitrogens with one attached hydrogen (secondary N) is 1. The van der Waals surface area contributed by atoms with E-state index in [0.717, 1.165) is 19.1 Å². The highest BCUT2D eigenvalue weighted by molar-refractivity contribution is 5.27. The Morgan fingerprint density at radius 1 is 1.33 bits per heavy atom. The quantitative estimate of drug-likeness (QED) is 0.779. The van der Waals surface area contributed by atoms with Gasteiger partial charge in [0.05, 0.1) is 12.7 Å². The van der Waals surface area contributed by atoms with Crippen LogP contribution in [0.2, 0.25) is 0 Å². The van der Waals surface area contributed by atoms with Crippen molar-refractivity contribution >= 4 is 0 Å². The molecule has 18 heavy (non-hydrogen) atoms. The zero-order valence-corrected chi connectivity index (χ0v) is 11.8. The Balaban J connectivity index is 1.65. The predicted molar refractivity (Wildman–Crippen MR) is 76.0 cm³/mol. The lowest BCUT2D eigenvalue weighted by molar-refractivity contribution is 0.0767. The van der Waals surface area contributed by atoms with Gasteiger partial charge in [0.2, 0.25) is 0 Å². The van der Waals surface area contributed by atoms with E-state index in [0.29, 0.717) is 12.1 Å². The predicted octanol–water partition coefficient (Wildman–Crippen LogP) is 3.26. The average Bonchev–Trinajstić information content (AvgIpc) is 2.25. The zero-order valence-electron chi connectivity index (χ0n) is 11.8. The second-order valence-corrected chi connectivity index (χ2v) is 5.65. The van der Waals surface area contributed by atoms with Gasteiger partial charge in [-0.3, -0.25) is 0 Å². The molecule has 0 spiro atoms. The van der Waals surface area contributed by atoms with Crippen LogP contribution in [0.5, 0.6) is 0 Å². The smallest absolute Gasteiger partial charge is 0.0594 e. The first-order valence-electron chi connectivity index (χ1n) is 7.06. The van der Waals surface area contributed by atoms with Gasteiger partial charge in [0.25, 0.3) is 0 Å². The first kappa shape index (κ1) is 13.6. The molecule has 0 unspecified atom stereocenters. The van der Waals surface area contributed by atoms with Crippen molar-refractivity contribution in [3.63, 3.8) is 0 Å². The van der Waals surface area contributed by atoms with Crippen LogP contribution in [0.25, 0.3) is 0 Å². The molecule has 1 N–H and O–H groups in total. The van der Waals surface area contributed by atoms with Crippen molar-refractivity contribution in [1.82, 2.24) is 5.32 Å². The molecule has 1 aliphatic carbocycles. The van der Waals surface area contributed by atoms with E-state index in [-0.39, 0.29) is 0 Å². The molecule has 0 atom stereocenters. The highest BCUT2D eigenvalue weighted by atomic mass is 16.5. The highest BCUT2D eigenvalue weighted by Crippen LogP contribution is 2.36. The largest absolute Gasteiger partial charge is 0.377 e. The maximum absolute atomic E-state index is 5.53. The summed E-state index contributed by atoms with van der Waals surface area (Å²) in [6.45, 7) is 8.13. The Morgan fingerprint density at radius 2 is 2.11 bits per heavy atom. The van der Waals surface area contributed by atoms with Crippen molar-refractivity contribution in [2.24, 2.45) is 0 Å². The van der Waals surface area contributed by atoms with Crippen LogP contribution in [0, 0.1) is 6.92 Å². The monoisotopic (exact) mass is 247 g/mol. The van der Waals surface area contributed by atoms with Crippen molar-refractivity contribution in [1.29, 1.82) is 0 Å². The Morgan fingerprint density at radius 3 is 2.78 bits per heavy atom. The maximum Gasteiger partial charge on any atom is 0.0594 e. The van der Waals surface area contributed by atoms with E-state index in [1.54, 1.807) is 0 Å². The number of benzene rings is 1. The van der Waals surface area contributed by atoms with Crippen LogP contribution in [0.3, 0.4) is 0 Å². The van der Waals surface area contributed by atoms with Crippen LogP contribution in [0.4, 0.5) is 0 Å². The third-order valence-electron chi connectivity index (χ3n) is 3.64. The van der Waals surface area contributed by atoms with Gasteiger partial charge in [-0.05, 0) is 45.1 Å². The Labute approximate surface area is 111 Å². The van der Waals surface area contributed by atoms with Gasteiger partial charge in [-0.15, -0.1) is 0 Å². The molecule has 100 valence electrons. The van der Waals surface area contributed by atoms with Crippen LogP contribution in [-0.4, -0.2) is 25.3 Å². The van der Waals surface area contributed by atoms with E-state index < -0.39 is 0 Å². The highest BCUT2D eigenvalue weighted by Gasteiger charge is 2.29. The molecule has 0 amide bonds. The molecule has 1 fully saturated rings. The number of rotatable bonds is 6. The molecule has 1 aromatic rings. The molecule has 1 aromatic carbocycles. The summed E-state index contributed by atoms with van der Waals surface area (Å²) in [5, 5.41) is 3.56. The lowest BCUT2D eigenvalue weighted by Gasteiger charge is -2.36. The number of ether oxygens (including phenoxy) is 1. The van der Waals surface area contributed by atoms with Crippen molar-refractivity contribution in [3.05, 3.63) is 35.4 Å². The molecule has 1 aliphatic rings. The standard InChI is InChI=1S/C16H25NO/c1-12(2)18-8-7-17-16-10-15(11-16)14-6-4-5-13(3)9-14/h4-6,9,12,15-17H,7-8,10-11H2,1-3H3. The summed E-state index contributed by atoms with van der Waals surface area (Å²) in [5.41, 5.74) is 2.88. The molecule has 1 saturated carbocycles. The van der Waals surface area contributed by atoms with Gasteiger partial charge in [-0.25, -0.2) is 0 Å². The normalized spacial score (nSPS) is 23.1. The summed E-state index contributed by atoms with van der Waals surface area (Å²) in [6.07, 6.45) is 2.88. The average molecular weight is 247 g/mol. The topological polar surface area (TPSA) is 21.3 Å². The van der Waals surface area contributed by atoms with Gasteiger partial charge in [-0.2, -0.15) is 0 Å². The number of hydrogen-bond donors (Lipinski definition) is 1. The van der Waals surface area contributed by atoms with Crippen molar-refractivity contribution in [2.45, 2.75) is 51.7 Å². The summed E-state index contributed by atoms with van der Waals surface area (Å²) < 4.78 is 5.53. The van der Waals surface area contributed by atoms with Crippen molar-refractivity contribution < 1.29 is 4.74 Å². The van der Waals surface area contributed by atoms with Crippen LogP contribution in [0.1, 0.15) is 43.7 Å². The summed E-state index contributed by atoms with van der Waals surface area (Å²) in [6, 6.07) is 9.60. The second-order valence-electron chi connectivity index (χ2n) is 5.65. The number of hydrogen-bond acceptors (Lipinski definition) is 2. The Kier molecular flexibility index (Phi) is 4.79. The van der Waals surface area contributed by atoms with Crippen molar-refractivity contribution in [2.75, 3.05) is 13.2 Å². The molecule has 0 heterocycles. The maximum atomic E-state index is 5.53. The molecule has 2 heteroatoms. The summed E-state index contributed by atoms with van der Waals surface area (Å²) in [7, 11) is 0. The minimum Gasteiger partial charge on any atom is -0.377 e. The molecule has 2 rings (SSSR count). The SMILES string of the molecule is Cc1cccc(C2CC(NCCOC(C)C)C2)c1. The molecular formula is C16H25NO. The zero-order chi connectivity index (χ0) is 13.0. The van der Waals surface area contributed by atoms with Crippen LogP contribution >= 0.6 is 0 Å². The van der Waals surface area contributed by atoms with Gasteiger partial charge in [0, 0.05) is 12.6 Å². The Bertz CT molecular complexity index is 369. The third kappa shape index (κ3) is 3.82. The van der Waals surface area contributed by atoms with E-state index in [9.17, 15) is 0 Å². The summed E-state index contributed by atoms with van der Waals surface area (Å²) in [5.74, 6) is 0.758. The third-order valence-corrected chi connectivity index (χ3v) is 3.64. The van der Waals surface area contributed by atoms with Gasteiger partial charge >= 0.3 is 0 Å². The van der Waals surface area contributed by atoms with Crippen LogP contribution < -0.4 is 5.32 Å². The minimum atomic E-state index is 0.341. The van der Waals surface area contributed by atoms with E-state index in [1.165, 1.54) is 24.0 Å². The van der Waals surface area contributed by atoms with E-state index in [4.69, 9.17) is 4.74 Å². The fourth-order valence-corrected chi connectivity index (χ4v) is 2.54. The van der Waals surface area contributed by atoms with Gasteiger partial charge in [-0.1, -0.05) is 29.8 Å². The first-order valence-corrected chi connectivity index (χ1v) is 7.06. The molecule has 0 aliphatic heterocycles. The van der Waals surface area contributed by atoms with Crippen LogP contribution in [-0.2, 0) is 4.74 Å². The molecule has 0 saturated heterocycles. The van der Waals surface area contributed by atoms with E-state index in [2.05, 4.69) is 50.4 Å². The Hall–Kier alpha value is -0.860. The first-order chi connectivity index (χ1) is 8.65. The fourth-order valence-electron chi connectivity index (χ4n) is 2.54. The lowest BCUT2D eigenvalue weighted by atomic mass is 9.75. The summed E-state index contributed by atoms with van der Waals surface area (Å²) >= 11 is 0. The molecule has 0 aromatic heterocycles. The van der Waals surface area contributed by atoms with Crippen molar-refractivity contribution in [3.8, 4) is 0 Å². The molecule has 2 nitrogen and oxygen atoms in total. The van der Waals surface area contributed by atoms with E-state index >= 15 is 0 Å². The lowest BCUT2D eigenvalue weighted by Crippen LogP contribution is -2.41.